The van der Waals surface area contributed by atoms with Crippen molar-refractivity contribution in [3.8, 4) is 16.3 Å². The van der Waals surface area contributed by atoms with E-state index in [2.05, 4.69) is 26.2 Å². The van der Waals surface area contributed by atoms with Crippen molar-refractivity contribution >= 4 is 33.2 Å². The number of halogens is 1. The number of pyridine rings is 1. The lowest BCUT2D eigenvalue weighted by molar-refractivity contribution is -0.121. The van der Waals surface area contributed by atoms with E-state index in [4.69, 9.17) is 4.74 Å². The summed E-state index contributed by atoms with van der Waals surface area (Å²) in [5.41, 5.74) is 2.96. The maximum Gasteiger partial charge on any atom is 0.220 e. The molecule has 0 saturated carbocycles. The molecule has 1 aromatic carbocycles. The minimum absolute atomic E-state index is 0.00742. The topological polar surface area (TPSA) is 51.2 Å². The molecular formula is C20H19BrN2O2S. The van der Waals surface area contributed by atoms with Gasteiger partial charge in [-0.3, -0.25) is 9.78 Å². The molecule has 6 heteroatoms. The van der Waals surface area contributed by atoms with E-state index < -0.39 is 0 Å². The molecule has 0 aliphatic heterocycles. The normalized spacial score (nSPS) is 10.5. The summed E-state index contributed by atoms with van der Waals surface area (Å²) in [6.07, 6.45) is 2.81. The monoisotopic (exact) mass is 430 g/mol. The fraction of sp³-hybridized carbons (Fsp3) is 0.200. The maximum absolute atomic E-state index is 12.3. The lowest BCUT2D eigenvalue weighted by atomic mass is 10.1. The molecule has 4 nitrogen and oxygen atoms in total. The van der Waals surface area contributed by atoms with Gasteiger partial charge in [0, 0.05) is 23.6 Å². The van der Waals surface area contributed by atoms with Gasteiger partial charge in [0.05, 0.1) is 17.7 Å². The standard InChI is InChI=1S/C20H19BrN2O2S/c1-25-17-8-7-16(21)12-14(17)6-9-19(24)23-13-15-4-2-10-22-20(15)18-5-3-11-26-18/h2-5,7-8,10-12H,6,9,13H2,1H3,(H,23,24). The molecule has 134 valence electrons. The average molecular weight is 431 g/mol. The van der Waals surface area contributed by atoms with Gasteiger partial charge < -0.3 is 10.1 Å². The number of methoxy groups -OCH3 is 1. The van der Waals surface area contributed by atoms with E-state index in [0.29, 0.717) is 19.4 Å². The zero-order valence-corrected chi connectivity index (χ0v) is 16.8. The van der Waals surface area contributed by atoms with Gasteiger partial charge in [0.1, 0.15) is 5.75 Å². The molecule has 0 spiro atoms. The third kappa shape index (κ3) is 4.71. The number of carbonyl (C=O) groups excluding carboxylic acids is 1. The van der Waals surface area contributed by atoms with E-state index in [0.717, 1.165) is 31.9 Å². The van der Waals surface area contributed by atoms with Crippen LogP contribution in [0.2, 0.25) is 0 Å². The summed E-state index contributed by atoms with van der Waals surface area (Å²) in [6.45, 7) is 0.468. The van der Waals surface area contributed by atoms with Crippen molar-refractivity contribution in [3.63, 3.8) is 0 Å². The minimum Gasteiger partial charge on any atom is -0.496 e. The zero-order chi connectivity index (χ0) is 18.4. The number of amides is 1. The third-order valence-corrected chi connectivity index (χ3v) is 5.36. The van der Waals surface area contributed by atoms with E-state index in [-0.39, 0.29) is 5.91 Å². The van der Waals surface area contributed by atoms with Crippen LogP contribution in [0.4, 0.5) is 0 Å². The van der Waals surface area contributed by atoms with E-state index in [1.54, 1.807) is 24.6 Å². The number of benzene rings is 1. The number of aromatic nitrogens is 1. The molecule has 26 heavy (non-hydrogen) atoms. The summed E-state index contributed by atoms with van der Waals surface area (Å²) in [6, 6.07) is 13.8. The molecule has 0 fully saturated rings. The summed E-state index contributed by atoms with van der Waals surface area (Å²) in [5, 5.41) is 5.02. The molecule has 0 radical (unpaired) electrons. The van der Waals surface area contributed by atoms with E-state index in [9.17, 15) is 4.79 Å². The molecular weight excluding hydrogens is 412 g/mol. The van der Waals surface area contributed by atoms with Crippen molar-refractivity contribution in [2.45, 2.75) is 19.4 Å². The van der Waals surface area contributed by atoms with Gasteiger partial charge in [-0.2, -0.15) is 0 Å². The van der Waals surface area contributed by atoms with Crippen LogP contribution < -0.4 is 10.1 Å². The second-order valence-electron chi connectivity index (χ2n) is 5.72. The first-order valence-electron chi connectivity index (χ1n) is 8.24. The Bertz CT molecular complexity index is 881. The summed E-state index contributed by atoms with van der Waals surface area (Å²) in [4.78, 5) is 17.9. The number of rotatable bonds is 7. The second kappa shape index (κ2) is 8.96. The van der Waals surface area contributed by atoms with Crippen molar-refractivity contribution in [2.75, 3.05) is 7.11 Å². The lowest BCUT2D eigenvalue weighted by Gasteiger charge is -2.11. The number of thiophene rings is 1. The van der Waals surface area contributed by atoms with Gasteiger partial charge in [-0.25, -0.2) is 0 Å². The van der Waals surface area contributed by atoms with Crippen LogP contribution in [-0.4, -0.2) is 18.0 Å². The van der Waals surface area contributed by atoms with Crippen molar-refractivity contribution < 1.29 is 9.53 Å². The van der Waals surface area contributed by atoms with Crippen LogP contribution in [0.25, 0.3) is 10.6 Å². The van der Waals surface area contributed by atoms with Gasteiger partial charge in [-0.05, 0) is 53.3 Å². The molecule has 0 atom stereocenters. The van der Waals surface area contributed by atoms with Crippen LogP contribution in [0.5, 0.6) is 5.75 Å². The van der Waals surface area contributed by atoms with E-state index in [1.165, 1.54) is 0 Å². The molecule has 1 amide bonds. The van der Waals surface area contributed by atoms with Gasteiger partial charge in [-0.1, -0.05) is 28.1 Å². The van der Waals surface area contributed by atoms with Crippen LogP contribution in [0, 0.1) is 0 Å². The highest BCUT2D eigenvalue weighted by Crippen LogP contribution is 2.26. The highest BCUT2D eigenvalue weighted by Gasteiger charge is 2.10. The SMILES string of the molecule is COc1ccc(Br)cc1CCC(=O)NCc1cccnc1-c1cccs1. The Morgan fingerprint density at radius 3 is 2.88 bits per heavy atom. The Kier molecular flexibility index (Phi) is 6.41. The fourth-order valence-electron chi connectivity index (χ4n) is 2.69. The van der Waals surface area contributed by atoms with Crippen LogP contribution in [0.1, 0.15) is 17.5 Å². The van der Waals surface area contributed by atoms with E-state index in [1.807, 2.05) is 47.8 Å². The largest absolute Gasteiger partial charge is 0.496 e. The van der Waals surface area contributed by atoms with Crippen LogP contribution in [0.3, 0.4) is 0 Å². The Labute approximate surface area is 165 Å². The number of hydrogen-bond donors (Lipinski definition) is 1. The first kappa shape index (κ1) is 18.6. The summed E-state index contributed by atoms with van der Waals surface area (Å²) >= 11 is 5.10. The van der Waals surface area contributed by atoms with Crippen molar-refractivity contribution in [3.05, 3.63) is 69.6 Å². The van der Waals surface area contributed by atoms with Crippen LogP contribution >= 0.6 is 27.3 Å². The highest BCUT2D eigenvalue weighted by molar-refractivity contribution is 9.10. The van der Waals surface area contributed by atoms with Crippen LogP contribution in [0.15, 0.2) is 58.5 Å². The minimum atomic E-state index is 0.00742. The molecule has 1 N–H and O–H groups in total. The number of hydrogen-bond acceptors (Lipinski definition) is 4. The third-order valence-electron chi connectivity index (χ3n) is 3.99. The molecule has 0 aliphatic carbocycles. The van der Waals surface area contributed by atoms with Gasteiger partial charge in [0.2, 0.25) is 5.91 Å². The highest BCUT2D eigenvalue weighted by atomic mass is 79.9. The van der Waals surface area contributed by atoms with Gasteiger partial charge >= 0.3 is 0 Å². The summed E-state index contributed by atoms with van der Waals surface area (Å²) in [5.74, 6) is 0.807. The molecule has 0 unspecified atom stereocenters. The molecule has 3 rings (SSSR count). The molecule has 0 saturated heterocycles. The number of ether oxygens (including phenoxy) is 1. The van der Waals surface area contributed by atoms with Crippen molar-refractivity contribution in [1.82, 2.24) is 10.3 Å². The van der Waals surface area contributed by atoms with Crippen molar-refractivity contribution in [1.29, 1.82) is 0 Å². The molecule has 0 aliphatic rings. The molecule has 2 aromatic heterocycles. The Balaban J connectivity index is 1.60. The number of aryl methyl sites for hydroxylation is 1. The first-order valence-corrected chi connectivity index (χ1v) is 9.91. The number of nitrogens with one attached hydrogen (secondary N) is 1. The molecule has 0 bridgehead atoms. The zero-order valence-electron chi connectivity index (χ0n) is 14.4. The van der Waals surface area contributed by atoms with Gasteiger partial charge in [0.25, 0.3) is 0 Å². The first-order chi connectivity index (χ1) is 12.7. The lowest BCUT2D eigenvalue weighted by Crippen LogP contribution is -2.23. The predicted molar refractivity (Wildman–Crippen MR) is 108 cm³/mol. The van der Waals surface area contributed by atoms with Crippen LogP contribution in [-0.2, 0) is 17.8 Å². The quantitative estimate of drug-likeness (QED) is 0.583. The number of carbonyl (C=O) groups is 1. The Hall–Kier alpha value is -2.18. The van der Waals surface area contributed by atoms with Gasteiger partial charge in [-0.15, -0.1) is 11.3 Å². The Morgan fingerprint density at radius 1 is 1.23 bits per heavy atom. The van der Waals surface area contributed by atoms with Crippen molar-refractivity contribution in [2.24, 2.45) is 0 Å². The Morgan fingerprint density at radius 2 is 2.12 bits per heavy atom. The summed E-state index contributed by atoms with van der Waals surface area (Å²) < 4.78 is 6.34. The predicted octanol–water partition coefficient (Wildman–Crippen LogP) is 4.83. The maximum atomic E-state index is 12.3. The van der Waals surface area contributed by atoms with E-state index >= 15 is 0 Å². The fourth-order valence-corrected chi connectivity index (χ4v) is 3.85. The molecule has 2 heterocycles. The molecule has 3 aromatic rings. The number of nitrogens with zero attached hydrogens (tertiary/aromatic N) is 1. The van der Waals surface area contributed by atoms with Gasteiger partial charge in [0.15, 0.2) is 0 Å². The second-order valence-corrected chi connectivity index (χ2v) is 7.58. The smallest absolute Gasteiger partial charge is 0.220 e. The summed E-state index contributed by atoms with van der Waals surface area (Å²) in [7, 11) is 1.64. The average Bonchev–Trinajstić information content (AvgIpc) is 3.19.